The maximum Gasteiger partial charge on any atom is 0.183 e. The van der Waals surface area contributed by atoms with Crippen molar-refractivity contribution in [1.82, 2.24) is 0 Å². The summed E-state index contributed by atoms with van der Waals surface area (Å²) in [6.45, 7) is 0. The number of anilines is 2. The third-order valence-electron chi connectivity index (χ3n) is 2.42. The van der Waals surface area contributed by atoms with Crippen LogP contribution in [0, 0.1) is 0 Å². The van der Waals surface area contributed by atoms with Gasteiger partial charge in [-0.2, -0.15) is 0 Å². The van der Waals surface area contributed by atoms with Gasteiger partial charge < -0.3 is 16.0 Å². The van der Waals surface area contributed by atoms with Crippen molar-refractivity contribution in [3.8, 4) is 0 Å². The van der Waals surface area contributed by atoms with Crippen LogP contribution < -0.4 is 11.5 Å². The molecule has 0 bridgehead atoms. The minimum atomic E-state index is -1.55. The summed E-state index contributed by atoms with van der Waals surface area (Å²) in [5.41, 5.74) is 12.2. The number of hydrogen-bond donors (Lipinski definition) is 2. The molecule has 0 fully saturated rings. The van der Waals surface area contributed by atoms with Crippen LogP contribution in [-0.2, 0) is 11.2 Å². The molecule has 2 aromatic carbocycles. The summed E-state index contributed by atoms with van der Waals surface area (Å²) in [6, 6.07) is 7.67. The van der Waals surface area contributed by atoms with Gasteiger partial charge in [0.05, 0.1) is 21.4 Å². The number of rotatable bonds is 2. The molecule has 0 aliphatic carbocycles. The van der Waals surface area contributed by atoms with E-state index in [1.54, 1.807) is 12.1 Å². The zero-order valence-corrected chi connectivity index (χ0v) is 12.6. The van der Waals surface area contributed by atoms with Gasteiger partial charge in [0.1, 0.15) is 0 Å². The second-order valence-electron chi connectivity index (χ2n) is 3.76. The van der Waals surface area contributed by atoms with Crippen molar-refractivity contribution >= 4 is 57.4 Å². The monoisotopic (exact) mass is 334 g/mol. The lowest BCUT2D eigenvalue weighted by atomic mass is 10.3. The van der Waals surface area contributed by atoms with E-state index < -0.39 is 11.2 Å². The van der Waals surface area contributed by atoms with Crippen LogP contribution in [0.15, 0.2) is 40.1 Å². The average Bonchev–Trinajstić information content (AvgIpc) is 2.33. The van der Waals surface area contributed by atoms with Gasteiger partial charge in [0, 0.05) is 22.3 Å². The lowest BCUT2D eigenvalue weighted by Crippen LogP contribution is -2.08. The van der Waals surface area contributed by atoms with Crippen molar-refractivity contribution in [3.05, 3.63) is 45.4 Å². The van der Waals surface area contributed by atoms with Gasteiger partial charge in [-0.05, 0) is 24.3 Å². The van der Waals surface area contributed by atoms with Gasteiger partial charge in [-0.1, -0.05) is 34.8 Å². The van der Waals surface area contributed by atoms with E-state index in [-0.39, 0.29) is 5.02 Å². The summed E-state index contributed by atoms with van der Waals surface area (Å²) in [7, 11) is 0. The molecule has 100 valence electrons. The highest BCUT2D eigenvalue weighted by Crippen LogP contribution is 2.35. The lowest BCUT2D eigenvalue weighted by Gasteiger charge is -2.14. The molecule has 1 unspecified atom stereocenters. The first-order valence-electron chi connectivity index (χ1n) is 5.11. The van der Waals surface area contributed by atoms with Gasteiger partial charge in [0.2, 0.25) is 0 Å². The van der Waals surface area contributed by atoms with Crippen molar-refractivity contribution in [2.24, 2.45) is 0 Å². The van der Waals surface area contributed by atoms with E-state index in [0.29, 0.717) is 31.2 Å². The summed E-state index contributed by atoms with van der Waals surface area (Å²) in [5.74, 6) is 0. The first-order chi connectivity index (χ1) is 8.90. The second-order valence-corrected chi connectivity index (χ2v) is 6.42. The molecular weight excluding hydrogens is 327 g/mol. The number of hydrogen-bond acceptors (Lipinski definition) is 3. The third-order valence-corrected chi connectivity index (χ3v) is 4.91. The Hall–Kier alpha value is -0.780. The van der Waals surface area contributed by atoms with Crippen LogP contribution in [0.1, 0.15) is 0 Å². The smallest absolute Gasteiger partial charge is 0.183 e. The SMILES string of the molecule is Nc1cc(Cl)ccc1[S+]([O-])c1cc(Cl)c(Cl)cc1N. The molecule has 0 radical (unpaired) electrons. The van der Waals surface area contributed by atoms with Gasteiger partial charge >= 0.3 is 0 Å². The Balaban J connectivity index is 2.49. The van der Waals surface area contributed by atoms with Crippen LogP contribution in [0.4, 0.5) is 11.4 Å². The van der Waals surface area contributed by atoms with Crippen molar-refractivity contribution in [3.63, 3.8) is 0 Å². The number of nitrogen functional groups attached to an aromatic ring is 2. The number of benzene rings is 2. The predicted molar refractivity (Wildman–Crippen MR) is 81.4 cm³/mol. The van der Waals surface area contributed by atoms with Crippen molar-refractivity contribution in [2.75, 3.05) is 11.5 Å². The van der Waals surface area contributed by atoms with Gasteiger partial charge in [-0.15, -0.1) is 0 Å². The Morgan fingerprint density at radius 1 is 0.842 bits per heavy atom. The Kier molecular flexibility index (Phi) is 4.38. The molecule has 2 aromatic rings. The van der Waals surface area contributed by atoms with E-state index in [0.717, 1.165) is 0 Å². The Morgan fingerprint density at radius 2 is 1.42 bits per heavy atom. The van der Waals surface area contributed by atoms with Gasteiger partial charge in [-0.3, -0.25) is 0 Å². The topological polar surface area (TPSA) is 75.1 Å². The van der Waals surface area contributed by atoms with Crippen LogP contribution >= 0.6 is 34.8 Å². The van der Waals surface area contributed by atoms with E-state index in [1.165, 1.54) is 18.2 Å². The number of nitrogens with two attached hydrogens (primary N) is 2. The zero-order valence-electron chi connectivity index (χ0n) is 9.49. The molecule has 3 nitrogen and oxygen atoms in total. The van der Waals surface area contributed by atoms with Gasteiger partial charge in [-0.25, -0.2) is 0 Å². The molecule has 1 atom stereocenters. The minimum absolute atomic E-state index is 0.284. The fourth-order valence-electron chi connectivity index (χ4n) is 1.51. The Bertz CT molecular complexity index is 637. The molecular formula is C12H9Cl3N2OS. The van der Waals surface area contributed by atoms with Crippen LogP contribution in [0.2, 0.25) is 15.1 Å². The van der Waals surface area contributed by atoms with Crippen molar-refractivity contribution < 1.29 is 4.55 Å². The molecule has 0 heterocycles. The zero-order chi connectivity index (χ0) is 14.2. The van der Waals surface area contributed by atoms with Crippen LogP contribution in [0.3, 0.4) is 0 Å². The Morgan fingerprint density at radius 3 is 2.05 bits per heavy atom. The molecule has 0 amide bonds. The fraction of sp³-hybridized carbons (Fsp3) is 0. The highest BCUT2D eigenvalue weighted by molar-refractivity contribution is 7.91. The number of halogens is 3. The Labute approximate surface area is 128 Å². The molecule has 0 aliphatic rings. The van der Waals surface area contributed by atoms with Crippen LogP contribution in [0.5, 0.6) is 0 Å². The largest absolute Gasteiger partial charge is 0.606 e. The van der Waals surface area contributed by atoms with Gasteiger partial charge in [0.25, 0.3) is 0 Å². The molecule has 0 spiro atoms. The normalized spacial score (nSPS) is 12.4. The summed E-state index contributed by atoms with van der Waals surface area (Å²) in [4.78, 5) is 0.790. The van der Waals surface area contributed by atoms with E-state index in [9.17, 15) is 4.55 Å². The summed E-state index contributed by atoms with van der Waals surface area (Å²) in [6.07, 6.45) is 0. The summed E-state index contributed by atoms with van der Waals surface area (Å²) >= 11 is 16.0. The quantitative estimate of drug-likeness (QED) is 0.644. The molecule has 0 saturated heterocycles. The fourth-order valence-corrected chi connectivity index (χ4v) is 3.29. The van der Waals surface area contributed by atoms with E-state index in [1.807, 2.05) is 0 Å². The van der Waals surface area contributed by atoms with Crippen molar-refractivity contribution in [1.29, 1.82) is 0 Å². The second kappa shape index (κ2) is 5.69. The molecule has 0 aliphatic heterocycles. The average molecular weight is 336 g/mol. The predicted octanol–water partition coefficient (Wildman–Crippen LogP) is 3.98. The van der Waals surface area contributed by atoms with E-state index in [4.69, 9.17) is 46.3 Å². The molecule has 0 saturated carbocycles. The first-order valence-corrected chi connectivity index (χ1v) is 7.40. The summed E-state index contributed by atoms with van der Waals surface area (Å²) in [5, 5.41) is 1.07. The standard InChI is InChI=1S/C12H9Cl3N2OS/c13-6-1-2-11(9(16)3-6)19(18)12-5-8(15)7(14)4-10(12)17/h1-5H,16-17H2. The molecule has 4 N–H and O–H groups in total. The highest BCUT2D eigenvalue weighted by atomic mass is 35.5. The third kappa shape index (κ3) is 3.04. The first kappa shape index (κ1) is 14.6. The molecule has 19 heavy (non-hydrogen) atoms. The summed E-state index contributed by atoms with van der Waals surface area (Å²) < 4.78 is 12.5. The maximum atomic E-state index is 12.5. The molecule has 2 rings (SSSR count). The minimum Gasteiger partial charge on any atom is -0.606 e. The highest BCUT2D eigenvalue weighted by Gasteiger charge is 2.22. The van der Waals surface area contributed by atoms with Crippen molar-refractivity contribution in [2.45, 2.75) is 9.79 Å². The lowest BCUT2D eigenvalue weighted by molar-refractivity contribution is 0.596. The van der Waals surface area contributed by atoms with E-state index in [2.05, 4.69) is 0 Å². The van der Waals surface area contributed by atoms with Crippen LogP contribution in [0.25, 0.3) is 0 Å². The van der Waals surface area contributed by atoms with E-state index >= 15 is 0 Å². The maximum absolute atomic E-state index is 12.5. The van der Waals surface area contributed by atoms with Gasteiger partial charge in [0.15, 0.2) is 9.79 Å². The van der Waals surface area contributed by atoms with Crippen LogP contribution in [-0.4, -0.2) is 4.55 Å². The molecule has 0 aromatic heterocycles. The molecule has 7 heteroatoms.